The van der Waals surface area contributed by atoms with E-state index in [2.05, 4.69) is 10.1 Å². The summed E-state index contributed by atoms with van der Waals surface area (Å²) in [5.41, 5.74) is 0.713. The van der Waals surface area contributed by atoms with E-state index in [1.807, 2.05) is 6.07 Å². The molecule has 2 aromatic heterocycles. The number of nitriles is 1. The molecule has 2 heterocycles. The van der Waals surface area contributed by atoms with Crippen LogP contribution in [0.4, 0.5) is 0 Å². The first-order valence-electron chi connectivity index (χ1n) is 4.70. The molecule has 1 unspecified atom stereocenters. The molecule has 0 fully saturated rings. The Labute approximate surface area is 91.1 Å². The Hall–Kier alpha value is -2.13. The van der Waals surface area contributed by atoms with Crippen molar-refractivity contribution >= 4 is 0 Å². The van der Waals surface area contributed by atoms with Gasteiger partial charge in [0.15, 0.2) is 0 Å². The van der Waals surface area contributed by atoms with E-state index in [9.17, 15) is 5.11 Å². The first-order chi connectivity index (χ1) is 7.79. The van der Waals surface area contributed by atoms with Gasteiger partial charge in [0.2, 0.25) is 11.7 Å². The van der Waals surface area contributed by atoms with E-state index < -0.39 is 6.10 Å². The van der Waals surface area contributed by atoms with Crippen LogP contribution in [0.25, 0.3) is 11.4 Å². The molecule has 6 heteroatoms. The Bertz CT molecular complexity index is 484. The number of furan rings is 1. The number of hydrogen-bond acceptors (Lipinski definition) is 6. The van der Waals surface area contributed by atoms with E-state index in [4.69, 9.17) is 14.2 Å². The summed E-state index contributed by atoms with van der Waals surface area (Å²) in [5.74, 6) is 0.715. The number of aliphatic hydroxyl groups excluding tert-OH is 1. The molecule has 0 spiro atoms. The summed E-state index contributed by atoms with van der Waals surface area (Å²) in [7, 11) is 0. The molecule has 0 aliphatic carbocycles. The van der Waals surface area contributed by atoms with Gasteiger partial charge in [0, 0.05) is 0 Å². The first kappa shape index (κ1) is 10.4. The van der Waals surface area contributed by atoms with Crippen LogP contribution in [0.3, 0.4) is 0 Å². The zero-order chi connectivity index (χ0) is 11.4. The predicted octanol–water partition coefficient (Wildman–Crippen LogP) is 1.15. The molecular formula is C10H9N3O3. The SMILES string of the molecule is N#CCC(O)Cc1nc(-c2ccoc2)no1. The lowest BCUT2D eigenvalue weighted by Crippen LogP contribution is -2.09. The monoisotopic (exact) mass is 219 g/mol. The van der Waals surface area contributed by atoms with E-state index >= 15 is 0 Å². The van der Waals surface area contributed by atoms with Crippen LogP contribution in [0.1, 0.15) is 12.3 Å². The van der Waals surface area contributed by atoms with Gasteiger partial charge >= 0.3 is 0 Å². The van der Waals surface area contributed by atoms with Crippen molar-refractivity contribution in [2.45, 2.75) is 18.9 Å². The van der Waals surface area contributed by atoms with Crippen molar-refractivity contribution in [3.8, 4) is 17.5 Å². The van der Waals surface area contributed by atoms with Crippen LogP contribution in [0.2, 0.25) is 0 Å². The number of nitrogens with zero attached hydrogens (tertiary/aromatic N) is 3. The third-order valence-corrected chi connectivity index (χ3v) is 1.98. The fraction of sp³-hybridized carbons (Fsp3) is 0.300. The quantitative estimate of drug-likeness (QED) is 0.828. The maximum atomic E-state index is 9.37. The second kappa shape index (κ2) is 4.59. The minimum absolute atomic E-state index is 0.0451. The van der Waals surface area contributed by atoms with E-state index in [1.165, 1.54) is 12.5 Å². The summed E-state index contributed by atoms with van der Waals surface area (Å²) in [5, 5.41) is 21.5. The van der Waals surface area contributed by atoms with Crippen molar-refractivity contribution in [2.24, 2.45) is 0 Å². The number of aromatic nitrogens is 2. The van der Waals surface area contributed by atoms with Gasteiger partial charge in [-0.15, -0.1) is 0 Å². The maximum Gasteiger partial charge on any atom is 0.229 e. The molecule has 2 aromatic rings. The highest BCUT2D eigenvalue weighted by molar-refractivity contribution is 5.51. The Kier molecular flexibility index (Phi) is 2.98. The molecule has 0 aliphatic heterocycles. The molecule has 2 rings (SSSR count). The summed E-state index contributed by atoms with van der Waals surface area (Å²) in [6.45, 7) is 0. The van der Waals surface area contributed by atoms with Crippen molar-refractivity contribution in [3.63, 3.8) is 0 Å². The largest absolute Gasteiger partial charge is 0.472 e. The average Bonchev–Trinajstić information content (AvgIpc) is 2.86. The highest BCUT2D eigenvalue weighted by atomic mass is 16.5. The van der Waals surface area contributed by atoms with Gasteiger partial charge in [-0.1, -0.05) is 5.16 Å². The summed E-state index contributed by atoms with van der Waals surface area (Å²) in [6.07, 6.45) is 2.46. The van der Waals surface area contributed by atoms with Gasteiger partial charge < -0.3 is 14.0 Å². The highest BCUT2D eigenvalue weighted by Crippen LogP contribution is 2.16. The van der Waals surface area contributed by atoms with Gasteiger partial charge in [-0.2, -0.15) is 10.2 Å². The zero-order valence-corrected chi connectivity index (χ0v) is 8.33. The van der Waals surface area contributed by atoms with Crippen LogP contribution in [0.15, 0.2) is 27.5 Å². The average molecular weight is 219 g/mol. The molecule has 0 amide bonds. The van der Waals surface area contributed by atoms with Crippen molar-refractivity contribution in [1.82, 2.24) is 10.1 Å². The maximum absolute atomic E-state index is 9.37. The second-order valence-electron chi connectivity index (χ2n) is 3.24. The van der Waals surface area contributed by atoms with Gasteiger partial charge in [0.1, 0.15) is 6.26 Å². The van der Waals surface area contributed by atoms with Crippen LogP contribution in [0, 0.1) is 11.3 Å². The third-order valence-electron chi connectivity index (χ3n) is 1.98. The van der Waals surface area contributed by atoms with Crippen LogP contribution in [-0.4, -0.2) is 21.4 Å². The molecule has 82 valence electrons. The predicted molar refractivity (Wildman–Crippen MR) is 51.9 cm³/mol. The Balaban J connectivity index is 2.06. The van der Waals surface area contributed by atoms with Crippen molar-refractivity contribution < 1.29 is 14.0 Å². The fourth-order valence-corrected chi connectivity index (χ4v) is 1.23. The lowest BCUT2D eigenvalue weighted by molar-refractivity contribution is 0.167. The second-order valence-corrected chi connectivity index (χ2v) is 3.24. The van der Waals surface area contributed by atoms with E-state index in [0.717, 1.165) is 0 Å². The smallest absolute Gasteiger partial charge is 0.229 e. The fourth-order valence-electron chi connectivity index (χ4n) is 1.23. The molecule has 0 bridgehead atoms. The summed E-state index contributed by atoms with van der Waals surface area (Å²) in [4.78, 5) is 4.07. The summed E-state index contributed by atoms with van der Waals surface area (Å²) >= 11 is 0. The van der Waals surface area contributed by atoms with Gasteiger partial charge in [-0.25, -0.2) is 0 Å². The Morgan fingerprint density at radius 2 is 2.44 bits per heavy atom. The molecule has 1 N–H and O–H groups in total. The summed E-state index contributed by atoms with van der Waals surface area (Å²) in [6, 6.07) is 3.58. The van der Waals surface area contributed by atoms with Gasteiger partial charge in [-0.3, -0.25) is 0 Å². The molecule has 6 nitrogen and oxygen atoms in total. The molecule has 1 atom stereocenters. The van der Waals surface area contributed by atoms with E-state index in [1.54, 1.807) is 6.07 Å². The van der Waals surface area contributed by atoms with Crippen molar-refractivity contribution in [2.75, 3.05) is 0 Å². The molecular weight excluding hydrogens is 210 g/mol. The lowest BCUT2D eigenvalue weighted by atomic mass is 10.2. The number of aliphatic hydroxyl groups is 1. The Morgan fingerprint density at radius 3 is 3.12 bits per heavy atom. The van der Waals surface area contributed by atoms with Crippen LogP contribution in [0.5, 0.6) is 0 Å². The van der Waals surface area contributed by atoms with E-state index in [0.29, 0.717) is 17.3 Å². The molecule has 0 saturated heterocycles. The zero-order valence-electron chi connectivity index (χ0n) is 8.33. The third kappa shape index (κ3) is 2.27. The minimum atomic E-state index is -0.775. The van der Waals surface area contributed by atoms with E-state index in [-0.39, 0.29) is 12.8 Å². The molecule has 0 radical (unpaired) electrons. The Morgan fingerprint density at radius 1 is 1.56 bits per heavy atom. The molecule has 16 heavy (non-hydrogen) atoms. The molecule has 0 aromatic carbocycles. The van der Waals surface area contributed by atoms with Gasteiger partial charge in [0.05, 0.1) is 36.8 Å². The number of rotatable bonds is 4. The highest BCUT2D eigenvalue weighted by Gasteiger charge is 2.13. The normalized spacial score (nSPS) is 12.2. The first-order valence-corrected chi connectivity index (χ1v) is 4.70. The van der Waals surface area contributed by atoms with Gasteiger partial charge in [0.25, 0.3) is 0 Å². The standard InChI is InChI=1S/C10H9N3O3/c11-3-1-8(14)5-9-12-10(13-16-9)7-2-4-15-6-7/h2,4,6,8,14H,1,5H2. The lowest BCUT2D eigenvalue weighted by Gasteiger charge is -1.99. The van der Waals surface area contributed by atoms with Crippen LogP contribution < -0.4 is 0 Å². The van der Waals surface area contributed by atoms with Crippen LogP contribution in [-0.2, 0) is 6.42 Å². The minimum Gasteiger partial charge on any atom is -0.472 e. The topological polar surface area (TPSA) is 96.1 Å². The molecule has 0 aliphatic rings. The molecule has 0 saturated carbocycles. The summed E-state index contributed by atoms with van der Waals surface area (Å²) < 4.78 is 9.82. The number of hydrogen-bond donors (Lipinski definition) is 1. The van der Waals surface area contributed by atoms with Crippen LogP contribution >= 0.6 is 0 Å². The van der Waals surface area contributed by atoms with Crippen molar-refractivity contribution in [1.29, 1.82) is 5.26 Å². The van der Waals surface area contributed by atoms with Gasteiger partial charge in [-0.05, 0) is 6.07 Å². The van der Waals surface area contributed by atoms with Crippen molar-refractivity contribution in [3.05, 3.63) is 24.5 Å².